The zero-order chi connectivity index (χ0) is 26.7. The summed E-state index contributed by atoms with van der Waals surface area (Å²) in [5.41, 5.74) is 3.21. The van der Waals surface area contributed by atoms with E-state index in [1.165, 1.54) is 0 Å². The van der Waals surface area contributed by atoms with Gasteiger partial charge in [0.15, 0.2) is 0 Å². The monoisotopic (exact) mass is 514 g/mol. The van der Waals surface area contributed by atoms with Gasteiger partial charge in [-0.1, -0.05) is 60.1 Å². The Kier molecular flexibility index (Phi) is 13.4. The molecule has 0 saturated carbocycles. The minimum Gasteiger partial charge on any atom is -0.490 e. The van der Waals surface area contributed by atoms with E-state index in [0.29, 0.717) is 75.5 Å². The van der Waals surface area contributed by atoms with Crippen LogP contribution in [0.1, 0.15) is 22.3 Å². The first-order valence-electron chi connectivity index (χ1n) is 12.5. The molecule has 0 unspecified atom stereocenters. The fourth-order valence-electron chi connectivity index (χ4n) is 3.23. The third-order valence-electron chi connectivity index (χ3n) is 5.15. The lowest BCUT2D eigenvalue weighted by molar-refractivity contribution is 0.0538. The van der Waals surface area contributed by atoms with E-state index >= 15 is 0 Å². The van der Waals surface area contributed by atoms with Gasteiger partial charge in [0, 0.05) is 37.5 Å². The van der Waals surface area contributed by atoms with Crippen molar-refractivity contribution in [1.29, 1.82) is 0 Å². The summed E-state index contributed by atoms with van der Waals surface area (Å²) in [7, 11) is 3.29. The zero-order valence-corrected chi connectivity index (χ0v) is 22.0. The third-order valence-corrected chi connectivity index (χ3v) is 5.15. The van der Waals surface area contributed by atoms with Crippen LogP contribution in [-0.4, -0.2) is 67.1 Å². The standard InChI is InChI=1S/C32H34O6/c1-33-17-19-35-21-23-37-31-25-30(16-14-28-11-7-4-8-12-28)32(38-24-22-36-20-18-34-2)26-29(31)15-13-27-9-5-3-6-10-27/h3-12,25-26H,17-24H2,1-2H3. The van der Waals surface area contributed by atoms with Crippen LogP contribution in [0.15, 0.2) is 72.8 Å². The quantitative estimate of drug-likeness (QED) is 0.232. The van der Waals surface area contributed by atoms with Gasteiger partial charge in [-0.2, -0.15) is 0 Å². The number of hydrogen-bond donors (Lipinski definition) is 0. The van der Waals surface area contributed by atoms with Gasteiger partial charge in [0.2, 0.25) is 0 Å². The molecular weight excluding hydrogens is 480 g/mol. The second kappa shape index (κ2) is 17.6. The second-order valence-electron chi connectivity index (χ2n) is 7.98. The molecule has 6 heteroatoms. The molecule has 0 spiro atoms. The van der Waals surface area contributed by atoms with Crippen molar-refractivity contribution in [2.45, 2.75) is 0 Å². The summed E-state index contributed by atoms with van der Waals surface area (Å²) in [5, 5.41) is 0. The van der Waals surface area contributed by atoms with Crippen LogP contribution in [0.2, 0.25) is 0 Å². The number of ether oxygens (including phenoxy) is 6. The van der Waals surface area contributed by atoms with Crippen molar-refractivity contribution in [2.75, 3.05) is 67.1 Å². The molecule has 0 aliphatic heterocycles. The van der Waals surface area contributed by atoms with Gasteiger partial charge in [0.1, 0.15) is 24.7 Å². The summed E-state index contributed by atoms with van der Waals surface area (Å²) < 4.78 is 33.3. The maximum atomic E-state index is 6.09. The Balaban J connectivity index is 1.88. The van der Waals surface area contributed by atoms with Crippen LogP contribution in [-0.2, 0) is 18.9 Å². The Morgan fingerprint density at radius 2 is 0.868 bits per heavy atom. The molecule has 38 heavy (non-hydrogen) atoms. The van der Waals surface area contributed by atoms with Crippen molar-refractivity contribution >= 4 is 0 Å². The van der Waals surface area contributed by atoms with E-state index in [0.717, 1.165) is 11.1 Å². The molecule has 3 aromatic rings. The molecule has 0 saturated heterocycles. The molecule has 0 N–H and O–H groups in total. The lowest BCUT2D eigenvalue weighted by Crippen LogP contribution is -2.12. The van der Waals surface area contributed by atoms with Crippen LogP contribution in [0.4, 0.5) is 0 Å². The number of benzene rings is 3. The van der Waals surface area contributed by atoms with E-state index < -0.39 is 0 Å². The first-order chi connectivity index (χ1) is 18.8. The van der Waals surface area contributed by atoms with Crippen molar-refractivity contribution in [2.24, 2.45) is 0 Å². The lowest BCUT2D eigenvalue weighted by Gasteiger charge is -2.14. The fourth-order valence-corrected chi connectivity index (χ4v) is 3.23. The Hall–Kier alpha value is -3.78. The van der Waals surface area contributed by atoms with E-state index in [1.54, 1.807) is 14.2 Å². The Morgan fingerprint density at radius 3 is 1.26 bits per heavy atom. The maximum absolute atomic E-state index is 6.09. The van der Waals surface area contributed by atoms with Crippen LogP contribution in [0, 0.1) is 23.7 Å². The van der Waals surface area contributed by atoms with Gasteiger partial charge < -0.3 is 28.4 Å². The van der Waals surface area contributed by atoms with Crippen LogP contribution in [0.25, 0.3) is 0 Å². The molecule has 0 radical (unpaired) electrons. The minimum absolute atomic E-state index is 0.364. The van der Waals surface area contributed by atoms with Gasteiger partial charge in [-0.3, -0.25) is 0 Å². The Morgan fingerprint density at radius 1 is 0.474 bits per heavy atom. The molecule has 0 amide bonds. The second-order valence-corrected chi connectivity index (χ2v) is 7.98. The highest BCUT2D eigenvalue weighted by molar-refractivity contribution is 5.60. The zero-order valence-electron chi connectivity index (χ0n) is 22.0. The van der Waals surface area contributed by atoms with Gasteiger partial charge in [0.05, 0.1) is 50.8 Å². The molecule has 0 bridgehead atoms. The molecule has 3 aromatic carbocycles. The smallest absolute Gasteiger partial charge is 0.136 e. The van der Waals surface area contributed by atoms with E-state index in [2.05, 4.69) is 23.7 Å². The molecule has 0 heterocycles. The van der Waals surface area contributed by atoms with Crippen molar-refractivity contribution < 1.29 is 28.4 Å². The van der Waals surface area contributed by atoms with Crippen molar-refractivity contribution in [3.8, 4) is 35.2 Å². The van der Waals surface area contributed by atoms with Crippen molar-refractivity contribution in [3.05, 3.63) is 95.1 Å². The lowest BCUT2D eigenvalue weighted by atomic mass is 10.1. The number of rotatable bonds is 14. The SMILES string of the molecule is COCCOCCOc1cc(C#Cc2ccccc2)c(OCCOCCOC)cc1C#Cc1ccccc1. The summed E-state index contributed by atoms with van der Waals surface area (Å²) in [6.45, 7) is 3.67. The summed E-state index contributed by atoms with van der Waals surface area (Å²) in [6.07, 6.45) is 0. The topological polar surface area (TPSA) is 55.4 Å². The highest BCUT2D eigenvalue weighted by atomic mass is 16.5. The molecule has 0 atom stereocenters. The Bertz CT molecular complexity index is 1110. The van der Waals surface area contributed by atoms with E-state index in [9.17, 15) is 0 Å². The van der Waals surface area contributed by atoms with Gasteiger partial charge in [-0.25, -0.2) is 0 Å². The predicted octanol–water partition coefficient (Wildman–Crippen LogP) is 4.57. The number of hydrogen-bond acceptors (Lipinski definition) is 6. The molecule has 0 aliphatic rings. The minimum atomic E-state index is 0.364. The van der Waals surface area contributed by atoms with E-state index in [-0.39, 0.29) is 0 Å². The van der Waals surface area contributed by atoms with Gasteiger partial charge in [-0.15, -0.1) is 0 Å². The largest absolute Gasteiger partial charge is 0.490 e. The highest BCUT2D eigenvalue weighted by Gasteiger charge is 2.11. The Labute approximate surface area is 225 Å². The first kappa shape index (κ1) is 28.8. The molecule has 0 aromatic heterocycles. The van der Waals surface area contributed by atoms with Crippen molar-refractivity contribution in [1.82, 2.24) is 0 Å². The third kappa shape index (κ3) is 10.7. The average molecular weight is 515 g/mol. The van der Waals surface area contributed by atoms with Crippen LogP contribution >= 0.6 is 0 Å². The molecule has 3 rings (SSSR count). The van der Waals surface area contributed by atoms with Gasteiger partial charge in [-0.05, 0) is 24.3 Å². The molecular formula is C32H34O6. The molecule has 6 nitrogen and oxygen atoms in total. The fraction of sp³-hybridized carbons (Fsp3) is 0.312. The molecule has 198 valence electrons. The summed E-state index contributed by atoms with van der Waals surface area (Å²) in [5.74, 6) is 14.1. The van der Waals surface area contributed by atoms with E-state index in [4.69, 9.17) is 28.4 Å². The summed E-state index contributed by atoms with van der Waals surface area (Å²) in [6, 6.07) is 23.4. The molecule has 0 fully saturated rings. The van der Waals surface area contributed by atoms with E-state index in [1.807, 2.05) is 72.8 Å². The predicted molar refractivity (Wildman–Crippen MR) is 148 cm³/mol. The van der Waals surface area contributed by atoms with Gasteiger partial charge in [0.25, 0.3) is 0 Å². The average Bonchev–Trinajstić information content (AvgIpc) is 2.96. The van der Waals surface area contributed by atoms with Gasteiger partial charge >= 0.3 is 0 Å². The normalized spacial score (nSPS) is 10.2. The van der Waals surface area contributed by atoms with Crippen LogP contribution < -0.4 is 9.47 Å². The molecule has 0 aliphatic carbocycles. The number of methoxy groups -OCH3 is 2. The maximum Gasteiger partial charge on any atom is 0.136 e. The summed E-state index contributed by atoms with van der Waals surface area (Å²) >= 11 is 0. The first-order valence-corrected chi connectivity index (χ1v) is 12.5. The van der Waals surface area contributed by atoms with Crippen LogP contribution in [0.5, 0.6) is 11.5 Å². The van der Waals surface area contributed by atoms with Crippen molar-refractivity contribution in [3.63, 3.8) is 0 Å². The highest BCUT2D eigenvalue weighted by Crippen LogP contribution is 2.29. The van der Waals surface area contributed by atoms with Crippen LogP contribution in [0.3, 0.4) is 0 Å². The summed E-state index contributed by atoms with van der Waals surface area (Å²) in [4.78, 5) is 0.